The number of rotatable bonds is 8. The fourth-order valence-corrected chi connectivity index (χ4v) is 2.14. The summed E-state index contributed by atoms with van der Waals surface area (Å²) in [6, 6.07) is 8.76. The van der Waals surface area contributed by atoms with Gasteiger partial charge in [0.2, 0.25) is 0 Å². The van der Waals surface area contributed by atoms with Gasteiger partial charge in [-0.2, -0.15) is 0 Å². The predicted molar refractivity (Wildman–Crippen MR) is 81.4 cm³/mol. The second-order valence-electron chi connectivity index (χ2n) is 5.54. The Hall–Kier alpha value is -0.900. The first kappa shape index (κ1) is 16.2. The van der Waals surface area contributed by atoms with E-state index in [9.17, 15) is 0 Å². The van der Waals surface area contributed by atoms with Crippen molar-refractivity contribution in [3.63, 3.8) is 0 Å². The lowest BCUT2D eigenvalue weighted by Crippen LogP contribution is -2.30. The number of nitrogens with zero attached hydrogens (tertiary/aromatic N) is 1. The van der Waals surface area contributed by atoms with Crippen LogP contribution in [0.5, 0.6) is 0 Å². The SMILES string of the molecule is COCCCN(C)CC(N)c1ccc(C(C)C)cc1. The quantitative estimate of drug-likeness (QED) is 0.734. The van der Waals surface area contributed by atoms with Gasteiger partial charge in [-0.3, -0.25) is 0 Å². The fourth-order valence-electron chi connectivity index (χ4n) is 2.14. The van der Waals surface area contributed by atoms with Crippen LogP contribution in [0.3, 0.4) is 0 Å². The molecule has 3 heteroatoms. The number of methoxy groups -OCH3 is 1. The Kier molecular flexibility index (Phi) is 7.06. The molecular weight excluding hydrogens is 236 g/mol. The third kappa shape index (κ3) is 5.72. The van der Waals surface area contributed by atoms with Gasteiger partial charge in [0.15, 0.2) is 0 Å². The molecule has 0 aromatic heterocycles. The van der Waals surface area contributed by atoms with Crippen molar-refractivity contribution in [3.8, 4) is 0 Å². The van der Waals surface area contributed by atoms with Crippen LogP contribution >= 0.6 is 0 Å². The van der Waals surface area contributed by atoms with Gasteiger partial charge in [0, 0.05) is 32.8 Å². The standard InChI is InChI=1S/C16H28N2O/c1-13(2)14-6-8-15(9-7-14)16(17)12-18(3)10-5-11-19-4/h6-9,13,16H,5,10-12,17H2,1-4H3. The molecule has 0 amide bonds. The monoisotopic (exact) mass is 264 g/mol. The van der Waals surface area contributed by atoms with Crippen LogP contribution in [0.4, 0.5) is 0 Å². The molecule has 3 nitrogen and oxygen atoms in total. The first-order valence-electron chi connectivity index (χ1n) is 7.07. The van der Waals surface area contributed by atoms with Crippen molar-refractivity contribution in [2.24, 2.45) is 5.73 Å². The van der Waals surface area contributed by atoms with Crippen LogP contribution in [0.15, 0.2) is 24.3 Å². The number of ether oxygens (including phenoxy) is 1. The molecule has 1 unspecified atom stereocenters. The molecule has 0 saturated carbocycles. The van der Waals surface area contributed by atoms with E-state index in [-0.39, 0.29) is 6.04 Å². The Morgan fingerprint density at radius 1 is 1.16 bits per heavy atom. The fraction of sp³-hybridized carbons (Fsp3) is 0.625. The number of hydrogen-bond acceptors (Lipinski definition) is 3. The van der Waals surface area contributed by atoms with Crippen LogP contribution in [0.1, 0.15) is 43.4 Å². The average molecular weight is 264 g/mol. The summed E-state index contributed by atoms with van der Waals surface area (Å²) >= 11 is 0. The molecule has 2 N–H and O–H groups in total. The minimum atomic E-state index is 0.0776. The summed E-state index contributed by atoms with van der Waals surface area (Å²) in [6.45, 7) is 7.12. The zero-order valence-electron chi connectivity index (χ0n) is 12.7. The molecule has 0 spiro atoms. The van der Waals surface area contributed by atoms with Gasteiger partial charge in [-0.25, -0.2) is 0 Å². The molecule has 19 heavy (non-hydrogen) atoms. The molecule has 0 bridgehead atoms. The summed E-state index contributed by atoms with van der Waals surface area (Å²) in [4.78, 5) is 2.26. The number of benzene rings is 1. The van der Waals surface area contributed by atoms with E-state index in [0.29, 0.717) is 5.92 Å². The molecule has 0 aliphatic carbocycles. The molecule has 0 aliphatic rings. The molecule has 1 rings (SSSR count). The first-order chi connectivity index (χ1) is 9.04. The highest BCUT2D eigenvalue weighted by atomic mass is 16.5. The van der Waals surface area contributed by atoms with Crippen molar-refractivity contribution in [3.05, 3.63) is 35.4 Å². The molecule has 0 heterocycles. The van der Waals surface area contributed by atoms with Crippen molar-refractivity contribution < 1.29 is 4.74 Å². The summed E-state index contributed by atoms with van der Waals surface area (Å²) < 4.78 is 5.06. The summed E-state index contributed by atoms with van der Waals surface area (Å²) in [6.07, 6.45) is 1.05. The van der Waals surface area contributed by atoms with Gasteiger partial charge in [0.25, 0.3) is 0 Å². The van der Waals surface area contributed by atoms with E-state index in [4.69, 9.17) is 10.5 Å². The maximum Gasteiger partial charge on any atom is 0.0474 e. The van der Waals surface area contributed by atoms with E-state index in [1.165, 1.54) is 11.1 Å². The second kappa shape index (κ2) is 8.31. The van der Waals surface area contributed by atoms with E-state index in [1.807, 2.05) is 0 Å². The molecule has 1 aromatic carbocycles. The Bertz CT molecular complexity index is 348. The van der Waals surface area contributed by atoms with E-state index in [0.717, 1.165) is 26.1 Å². The van der Waals surface area contributed by atoms with Gasteiger partial charge in [0.05, 0.1) is 0 Å². The highest BCUT2D eigenvalue weighted by molar-refractivity contribution is 5.26. The van der Waals surface area contributed by atoms with Crippen molar-refractivity contribution in [2.75, 3.05) is 33.9 Å². The van der Waals surface area contributed by atoms with Crippen molar-refractivity contribution >= 4 is 0 Å². The summed E-state index contributed by atoms with van der Waals surface area (Å²) in [7, 11) is 3.85. The largest absolute Gasteiger partial charge is 0.385 e. The molecule has 0 radical (unpaired) electrons. The smallest absolute Gasteiger partial charge is 0.0474 e. The van der Waals surface area contributed by atoms with Crippen LogP contribution in [0.2, 0.25) is 0 Å². The highest BCUT2D eigenvalue weighted by Crippen LogP contribution is 2.18. The van der Waals surface area contributed by atoms with Gasteiger partial charge in [0.1, 0.15) is 0 Å². The Morgan fingerprint density at radius 2 is 1.74 bits per heavy atom. The Morgan fingerprint density at radius 3 is 2.26 bits per heavy atom. The lowest BCUT2D eigenvalue weighted by molar-refractivity contribution is 0.177. The zero-order valence-corrected chi connectivity index (χ0v) is 12.7. The molecule has 0 aliphatic heterocycles. The average Bonchev–Trinajstić information content (AvgIpc) is 2.39. The first-order valence-corrected chi connectivity index (χ1v) is 7.07. The topological polar surface area (TPSA) is 38.5 Å². The molecule has 0 saturated heterocycles. The van der Waals surface area contributed by atoms with Crippen LogP contribution in [-0.2, 0) is 4.74 Å². The number of nitrogens with two attached hydrogens (primary N) is 1. The molecule has 1 aromatic rings. The van der Waals surface area contributed by atoms with Gasteiger partial charge >= 0.3 is 0 Å². The molecular formula is C16H28N2O. The van der Waals surface area contributed by atoms with Crippen molar-refractivity contribution in [1.29, 1.82) is 0 Å². The van der Waals surface area contributed by atoms with Crippen molar-refractivity contribution in [2.45, 2.75) is 32.2 Å². The van der Waals surface area contributed by atoms with E-state index >= 15 is 0 Å². The van der Waals surface area contributed by atoms with E-state index < -0.39 is 0 Å². The van der Waals surface area contributed by atoms with Gasteiger partial charge < -0.3 is 15.4 Å². The normalized spacial score (nSPS) is 13.2. The van der Waals surface area contributed by atoms with Crippen LogP contribution < -0.4 is 5.73 Å². The minimum Gasteiger partial charge on any atom is -0.385 e. The maximum absolute atomic E-state index is 6.25. The third-order valence-corrected chi connectivity index (χ3v) is 3.43. The number of likely N-dealkylation sites (N-methyl/N-ethyl adjacent to an activating group) is 1. The van der Waals surface area contributed by atoms with Crippen LogP contribution in [0, 0.1) is 0 Å². The lowest BCUT2D eigenvalue weighted by Gasteiger charge is -2.21. The lowest BCUT2D eigenvalue weighted by atomic mass is 9.99. The molecule has 1 atom stereocenters. The van der Waals surface area contributed by atoms with Crippen LogP contribution in [-0.4, -0.2) is 38.8 Å². The second-order valence-corrected chi connectivity index (χ2v) is 5.54. The molecule has 0 fully saturated rings. The minimum absolute atomic E-state index is 0.0776. The third-order valence-electron chi connectivity index (χ3n) is 3.43. The number of hydrogen-bond donors (Lipinski definition) is 1. The van der Waals surface area contributed by atoms with E-state index in [2.05, 4.69) is 50.1 Å². The van der Waals surface area contributed by atoms with Crippen LogP contribution in [0.25, 0.3) is 0 Å². The zero-order chi connectivity index (χ0) is 14.3. The van der Waals surface area contributed by atoms with E-state index in [1.54, 1.807) is 7.11 Å². The predicted octanol–water partition coefficient (Wildman–Crippen LogP) is 2.78. The Labute approximate surface area is 117 Å². The maximum atomic E-state index is 6.25. The summed E-state index contributed by atoms with van der Waals surface area (Å²) in [5.41, 5.74) is 8.83. The van der Waals surface area contributed by atoms with Gasteiger partial charge in [-0.1, -0.05) is 38.1 Å². The van der Waals surface area contributed by atoms with Gasteiger partial charge in [-0.05, 0) is 30.5 Å². The highest BCUT2D eigenvalue weighted by Gasteiger charge is 2.09. The Balaban J connectivity index is 2.46. The van der Waals surface area contributed by atoms with Gasteiger partial charge in [-0.15, -0.1) is 0 Å². The summed E-state index contributed by atoms with van der Waals surface area (Å²) in [5.74, 6) is 0.571. The summed E-state index contributed by atoms with van der Waals surface area (Å²) in [5, 5.41) is 0. The van der Waals surface area contributed by atoms with Crippen molar-refractivity contribution in [1.82, 2.24) is 4.90 Å². The molecule has 108 valence electrons.